The van der Waals surface area contributed by atoms with Crippen LogP contribution in [0, 0.1) is 0 Å². The van der Waals surface area contributed by atoms with E-state index >= 15 is 0 Å². The Morgan fingerprint density at radius 3 is 2.48 bits per heavy atom. The Kier molecular flexibility index (Phi) is 10.2. The van der Waals surface area contributed by atoms with Gasteiger partial charge in [0, 0.05) is 51.7 Å². The SMILES string of the molecule is CCn1ccnc1N1CCN(CC(=O)NCCc2ccccc2)CC1.Cl.Cl. The largest absolute Gasteiger partial charge is 0.355 e. The normalized spacial score (nSPS) is 14.2. The Balaban J connectivity index is 0.00000182. The number of amides is 1. The number of nitrogens with zero attached hydrogens (tertiary/aromatic N) is 4. The highest BCUT2D eigenvalue weighted by molar-refractivity contribution is 5.85. The minimum atomic E-state index is 0. The number of rotatable bonds is 7. The Morgan fingerprint density at radius 2 is 1.81 bits per heavy atom. The van der Waals surface area contributed by atoms with Gasteiger partial charge in [0.2, 0.25) is 11.9 Å². The van der Waals surface area contributed by atoms with Crippen molar-refractivity contribution in [1.29, 1.82) is 0 Å². The monoisotopic (exact) mass is 413 g/mol. The van der Waals surface area contributed by atoms with E-state index in [1.165, 1.54) is 5.56 Å². The van der Waals surface area contributed by atoms with Gasteiger partial charge in [0.05, 0.1) is 6.54 Å². The van der Waals surface area contributed by atoms with Crippen LogP contribution in [-0.4, -0.2) is 59.6 Å². The predicted octanol–water partition coefficient (Wildman–Crippen LogP) is 2.23. The number of imidazole rings is 1. The maximum atomic E-state index is 12.1. The van der Waals surface area contributed by atoms with Gasteiger partial charge >= 0.3 is 0 Å². The van der Waals surface area contributed by atoms with E-state index in [1.54, 1.807) is 0 Å². The molecule has 1 aromatic heterocycles. The van der Waals surface area contributed by atoms with Crippen LogP contribution in [0.4, 0.5) is 5.95 Å². The van der Waals surface area contributed by atoms with Gasteiger partial charge in [0.1, 0.15) is 0 Å². The molecule has 2 heterocycles. The topological polar surface area (TPSA) is 53.4 Å². The molecule has 150 valence electrons. The summed E-state index contributed by atoms with van der Waals surface area (Å²) in [6, 6.07) is 10.2. The first kappa shape index (κ1) is 23.3. The summed E-state index contributed by atoms with van der Waals surface area (Å²) >= 11 is 0. The van der Waals surface area contributed by atoms with Gasteiger partial charge in [-0.1, -0.05) is 30.3 Å². The van der Waals surface area contributed by atoms with Crippen molar-refractivity contribution in [2.45, 2.75) is 19.9 Å². The Morgan fingerprint density at radius 1 is 1.11 bits per heavy atom. The molecule has 1 fully saturated rings. The Hall–Kier alpha value is -1.76. The van der Waals surface area contributed by atoms with Gasteiger partial charge in [-0.2, -0.15) is 0 Å². The second-order valence-corrected chi connectivity index (χ2v) is 6.36. The number of aryl methyl sites for hydroxylation is 1. The number of anilines is 1. The number of benzene rings is 1. The zero-order valence-corrected chi connectivity index (χ0v) is 17.3. The molecule has 0 bridgehead atoms. The van der Waals surface area contributed by atoms with E-state index in [0.29, 0.717) is 13.1 Å². The van der Waals surface area contributed by atoms with Crippen LogP contribution < -0.4 is 10.2 Å². The average Bonchev–Trinajstić information content (AvgIpc) is 3.12. The zero-order chi connectivity index (χ0) is 17.5. The molecule has 1 N–H and O–H groups in total. The summed E-state index contributed by atoms with van der Waals surface area (Å²) in [6.45, 7) is 7.83. The maximum Gasteiger partial charge on any atom is 0.234 e. The number of piperazine rings is 1. The second-order valence-electron chi connectivity index (χ2n) is 6.36. The van der Waals surface area contributed by atoms with E-state index in [9.17, 15) is 4.79 Å². The smallest absolute Gasteiger partial charge is 0.234 e. The summed E-state index contributed by atoms with van der Waals surface area (Å²) in [7, 11) is 0. The molecule has 3 rings (SSSR count). The first-order valence-electron chi connectivity index (χ1n) is 9.05. The van der Waals surface area contributed by atoms with E-state index in [4.69, 9.17) is 0 Å². The average molecular weight is 414 g/mol. The Bertz CT molecular complexity index is 672. The highest BCUT2D eigenvalue weighted by Crippen LogP contribution is 2.14. The van der Waals surface area contributed by atoms with E-state index in [1.807, 2.05) is 30.6 Å². The van der Waals surface area contributed by atoms with Crippen LogP contribution >= 0.6 is 24.8 Å². The molecular formula is C19H29Cl2N5O. The third-order valence-corrected chi connectivity index (χ3v) is 4.64. The molecule has 1 aromatic carbocycles. The number of hydrogen-bond acceptors (Lipinski definition) is 4. The molecule has 1 aliphatic rings. The highest BCUT2D eigenvalue weighted by atomic mass is 35.5. The van der Waals surface area contributed by atoms with Crippen LogP contribution in [-0.2, 0) is 17.8 Å². The van der Waals surface area contributed by atoms with Gasteiger partial charge in [-0.05, 0) is 18.9 Å². The molecule has 1 amide bonds. The molecule has 0 saturated carbocycles. The summed E-state index contributed by atoms with van der Waals surface area (Å²) in [6.07, 6.45) is 4.74. The van der Waals surface area contributed by atoms with Crippen LogP contribution in [0.2, 0.25) is 0 Å². The molecule has 1 aliphatic heterocycles. The van der Waals surface area contributed by atoms with Crippen molar-refractivity contribution in [2.24, 2.45) is 0 Å². The van der Waals surface area contributed by atoms with Crippen molar-refractivity contribution >= 4 is 36.7 Å². The van der Waals surface area contributed by atoms with E-state index < -0.39 is 0 Å². The van der Waals surface area contributed by atoms with E-state index in [2.05, 4.69) is 43.7 Å². The van der Waals surface area contributed by atoms with Crippen LogP contribution in [0.1, 0.15) is 12.5 Å². The number of carbonyl (C=O) groups excluding carboxylic acids is 1. The first-order valence-corrected chi connectivity index (χ1v) is 9.05. The maximum absolute atomic E-state index is 12.1. The van der Waals surface area contributed by atoms with Crippen LogP contribution in [0.3, 0.4) is 0 Å². The number of nitrogens with one attached hydrogen (secondary N) is 1. The molecule has 0 radical (unpaired) electrons. The third kappa shape index (κ3) is 6.72. The van der Waals surface area contributed by atoms with Crippen LogP contribution in [0.15, 0.2) is 42.7 Å². The van der Waals surface area contributed by atoms with Crippen molar-refractivity contribution in [2.75, 3.05) is 44.2 Å². The summed E-state index contributed by atoms with van der Waals surface area (Å²) < 4.78 is 2.16. The fourth-order valence-corrected chi connectivity index (χ4v) is 3.19. The van der Waals surface area contributed by atoms with Crippen LogP contribution in [0.25, 0.3) is 0 Å². The first-order chi connectivity index (χ1) is 12.3. The highest BCUT2D eigenvalue weighted by Gasteiger charge is 2.21. The summed E-state index contributed by atoms with van der Waals surface area (Å²) in [5.41, 5.74) is 1.25. The number of hydrogen-bond donors (Lipinski definition) is 1. The number of aromatic nitrogens is 2. The van der Waals surface area contributed by atoms with Crippen molar-refractivity contribution in [3.8, 4) is 0 Å². The third-order valence-electron chi connectivity index (χ3n) is 4.64. The predicted molar refractivity (Wildman–Crippen MR) is 114 cm³/mol. The fourth-order valence-electron chi connectivity index (χ4n) is 3.19. The molecule has 0 atom stereocenters. The second kappa shape index (κ2) is 11.8. The summed E-state index contributed by atoms with van der Waals surface area (Å²) in [5, 5.41) is 3.02. The molecular weight excluding hydrogens is 385 g/mol. The molecule has 27 heavy (non-hydrogen) atoms. The lowest BCUT2D eigenvalue weighted by Gasteiger charge is -2.35. The lowest BCUT2D eigenvalue weighted by molar-refractivity contribution is -0.122. The minimum absolute atomic E-state index is 0. The van der Waals surface area contributed by atoms with Crippen LogP contribution in [0.5, 0.6) is 0 Å². The van der Waals surface area contributed by atoms with Gasteiger partial charge in [0.25, 0.3) is 0 Å². The number of halogens is 2. The van der Waals surface area contributed by atoms with Crippen molar-refractivity contribution in [1.82, 2.24) is 19.8 Å². The van der Waals surface area contributed by atoms with Gasteiger partial charge in [-0.25, -0.2) is 4.98 Å². The van der Waals surface area contributed by atoms with Crippen molar-refractivity contribution < 1.29 is 4.79 Å². The zero-order valence-electron chi connectivity index (χ0n) is 15.7. The molecule has 2 aromatic rings. The van der Waals surface area contributed by atoms with Crippen molar-refractivity contribution in [3.05, 3.63) is 48.3 Å². The molecule has 0 unspecified atom stereocenters. The van der Waals surface area contributed by atoms with Gasteiger partial charge in [-0.3, -0.25) is 9.69 Å². The van der Waals surface area contributed by atoms with Gasteiger partial charge in [0.15, 0.2) is 0 Å². The van der Waals surface area contributed by atoms with E-state index in [0.717, 1.165) is 45.1 Å². The lowest BCUT2D eigenvalue weighted by Crippen LogP contribution is -2.50. The standard InChI is InChI=1S/C19H27N5O.2ClH/c1-2-23-11-10-21-19(23)24-14-12-22(13-15-24)16-18(25)20-9-8-17-6-4-3-5-7-17;;/h3-7,10-11H,2,8-9,12-16H2,1H3,(H,20,25);2*1H. The van der Waals surface area contributed by atoms with E-state index in [-0.39, 0.29) is 30.7 Å². The molecule has 8 heteroatoms. The fraction of sp³-hybridized carbons (Fsp3) is 0.474. The molecule has 0 spiro atoms. The van der Waals surface area contributed by atoms with Crippen molar-refractivity contribution in [3.63, 3.8) is 0 Å². The molecule has 1 saturated heterocycles. The minimum Gasteiger partial charge on any atom is -0.355 e. The quantitative estimate of drug-likeness (QED) is 0.755. The molecule has 0 aliphatic carbocycles. The van der Waals surface area contributed by atoms with Gasteiger partial charge < -0.3 is 14.8 Å². The number of carbonyl (C=O) groups is 1. The Labute approximate surface area is 173 Å². The lowest BCUT2D eigenvalue weighted by atomic mass is 10.1. The summed E-state index contributed by atoms with van der Waals surface area (Å²) in [5.74, 6) is 1.15. The summed E-state index contributed by atoms with van der Waals surface area (Å²) in [4.78, 5) is 21.1. The van der Waals surface area contributed by atoms with Gasteiger partial charge in [-0.15, -0.1) is 24.8 Å². The molecule has 6 nitrogen and oxygen atoms in total.